The second-order valence-corrected chi connectivity index (χ2v) is 6.15. The molecule has 2 atom stereocenters. The van der Waals surface area contributed by atoms with Crippen molar-refractivity contribution in [2.45, 2.75) is 31.2 Å². The third-order valence-corrected chi connectivity index (χ3v) is 4.63. The maximum atomic E-state index is 12.1. The van der Waals surface area contributed by atoms with Crippen LogP contribution in [0, 0.1) is 17.2 Å². The highest BCUT2D eigenvalue weighted by Crippen LogP contribution is 2.14. The molecular formula is C13H18N2O3S. The minimum absolute atomic E-state index is 0.0400. The lowest BCUT2D eigenvalue weighted by Gasteiger charge is -2.21. The van der Waals surface area contributed by atoms with Gasteiger partial charge in [-0.3, -0.25) is 0 Å². The summed E-state index contributed by atoms with van der Waals surface area (Å²) in [6.45, 7) is 3.57. The van der Waals surface area contributed by atoms with Gasteiger partial charge in [0, 0.05) is 6.04 Å². The summed E-state index contributed by atoms with van der Waals surface area (Å²) >= 11 is 0. The van der Waals surface area contributed by atoms with Gasteiger partial charge in [-0.1, -0.05) is 20.3 Å². The van der Waals surface area contributed by atoms with E-state index in [4.69, 9.17) is 5.26 Å². The number of hydrogen-bond acceptors (Lipinski definition) is 4. The van der Waals surface area contributed by atoms with Crippen molar-refractivity contribution in [1.29, 1.82) is 5.26 Å². The molecule has 19 heavy (non-hydrogen) atoms. The number of rotatable bonds is 6. The molecule has 0 aliphatic carbocycles. The van der Waals surface area contributed by atoms with Crippen LogP contribution in [0.2, 0.25) is 0 Å². The van der Waals surface area contributed by atoms with Crippen molar-refractivity contribution in [3.63, 3.8) is 0 Å². The molecule has 1 rings (SSSR count). The molecule has 0 heterocycles. The van der Waals surface area contributed by atoms with Gasteiger partial charge in [-0.25, -0.2) is 13.1 Å². The molecule has 0 saturated heterocycles. The Labute approximate surface area is 113 Å². The Balaban J connectivity index is 2.94. The van der Waals surface area contributed by atoms with Gasteiger partial charge >= 0.3 is 0 Å². The fourth-order valence-electron chi connectivity index (χ4n) is 1.59. The van der Waals surface area contributed by atoms with Gasteiger partial charge < -0.3 is 5.11 Å². The van der Waals surface area contributed by atoms with Gasteiger partial charge in [0.15, 0.2) is 0 Å². The first-order chi connectivity index (χ1) is 8.94. The van der Waals surface area contributed by atoms with Crippen LogP contribution in [0.5, 0.6) is 0 Å². The zero-order valence-electron chi connectivity index (χ0n) is 11.0. The van der Waals surface area contributed by atoms with Crippen LogP contribution in [0.4, 0.5) is 0 Å². The minimum atomic E-state index is -3.67. The summed E-state index contributed by atoms with van der Waals surface area (Å²) in [6.07, 6.45) is 0.765. The van der Waals surface area contributed by atoms with E-state index in [9.17, 15) is 13.5 Å². The van der Waals surface area contributed by atoms with Crippen LogP contribution in [-0.4, -0.2) is 26.2 Å². The lowest BCUT2D eigenvalue weighted by Crippen LogP contribution is -2.41. The Morgan fingerprint density at radius 2 is 1.95 bits per heavy atom. The van der Waals surface area contributed by atoms with Crippen LogP contribution in [0.15, 0.2) is 29.2 Å². The van der Waals surface area contributed by atoms with Crippen LogP contribution >= 0.6 is 0 Å². The van der Waals surface area contributed by atoms with Crippen molar-refractivity contribution >= 4 is 10.0 Å². The van der Waals surface area contributed by atoms with Crippen molar-refractivity contribution in [3.8, 4) is 6.07 Å². The largest absolute Gasteiger partial charge is 0.395 e. The van der Waals surface area contributed by atoms with E-state index in [2.05, 4.69) is 4.72 Å². The highest BCUT2D eigenvalue weighted by Gasteiger charge is 2.23. The third-order valence-electron chi connectivity index (χ3n) is 3.13. The molecule has 0 aliphatic rings. The minimum Gasteiger partial charge on any atom is -0.395 e. The first kappa shape index (κ1) is 15.6. The number of benzene rings is 1. The molecule has 0 aromatic heterocycles. The highest BCUT2D eigenvalue weighted by molar-refractivity contribution is 7.89. The number of aliphatic hydroxyl groups excluding tert-OH is 1. The van der Waals surface area contributed by atoms with E-state index in [0.29, 0.717) is 5.56 Å². The fourth-order valence-corrected chi connectivity index (χ4v) is 2.93. The number of sulfonamides is 1. The molecule has 1 aromatic rings. The number of nitriles is 1. The Morgan fingerprint density at radius 1 is 1.37 bits per heavy atom. The molecule has 0 unspecified atom stereocenters. The van der Waals surface area contributed by atoms with E-state index in [1.165, 1.54) is 24.3 Å². The summed E-state index contributed by atoms with van der Waals surface area (Å²) in [4.78, 5) is 0.0910. The van der Waals surface area contributed by atoms with Crippen LogP contribution in [0.25, 0.3) is 0 Å². The molecule has 0 spiro atoms. The summed E-state index contributed by atoms with van der Waals surface area (Å²) in [5.41, 5.74) is 0.402. The molecular weight excluding hydrogens is 264 g/mol. The van der Waals surface area contributed by atoms with Crippen LogP contribution in [-0.2, 0) is 10.0 Å². The molecule has 104 valence electrons. The smallest absolute Gasteiger partial charge is 0.240 e. The Hall–Kier alpha value is -1.42. The first-order valence-electron chi connectivity index (χ1n) is 6.08. The van der Waals surface area contributed by atoms with Crippen molar-refractivity contribution in [2.24, 2.45) is 5.92 Å². The van der Waals surface area contributed by atoms with Gasteiger partial charge in [0.1, 0.15) is 0 Å². The van der Waals surface area contributed by atoms with E-state index in [-0.39, 0.29) is 17.4 Å². The second-order valence-electron chi connectivity index (χ2n) is 4.43. The molecule has 6 heteroatoms. The molecule has 0 radical (unpaired) electrons. The molecule has 1 aromatic carbocycles. The maximum absolute atomic E-state index is 12.1. The van der Waals surface area contributed by atoms with Gasteiger partial charge in [-0.05, 0) is 30.2 Å². The maximum Gasteiger partial charge on any atom is 0.240 e. The summed E-state index contributed by atoms with van der Waals surface area (Å²) in [6, 6.07) is 7.08. The first-order valence-corrected chi connectivity index (χ1v) is 7.56. The summed E-state index contributed by atoms with van der Waals surface area (Å²) < 4.78 is 26.7. The average Bonchev–Trinajstić information content (AvgIpc) is 2.44. The third kappa shape index (κ3) is 4.03. The van der Waals surface area contributed by atoms with Crippen LogP contribution in [0.3, 0.4) is 0 Å². The standard InChI is InChI=1S/C13H18N2O3S/c1-3-10(2)13(9-16)15-19(17,18)12-6-4-11(8-14)5-7-12/h4-7,10,13,15-16H,3,9H2,1-2H3/t10-,13+/m0/s1. The fraction of sp³-hybridized carbons (Fsp3) is 0.462. The number of hydrogen-bond donors (Lipinski definition) is 2. The zero-order valence-corrected chi connectivity index (χ0v) is 11.8. The van der Waals surface area contributed by atoms with E-state index >= 15 is 0 Å². The van der Waals surface area contributed by atoms with Gasteiger partial charge in [0.25, 0.3) is 0 Å². The number of aliphatic hydroxyl groups is 1. The van der Waals surface area contributed by atoms with Gasteiger partial charge in [-0.15, -0.1) is 0 Å². The molecule has 0 bridgehead atoms. The van der Waals surface area contributed by atoms with Crippen molar-refractivity contribution < 1.29 is 13.5 Å². The second kappa shape index (κ2) is 6.66. The van der Waals surface area contributed by atoms with E-state index < -0.39 is 16.1 Å². The molecule has 2 N–H and O–H groups in total. The molecule has 5 nitrogen and oxygen atoms in total. The highest BCUT2D eigenvalue weighted by atomic mass is 32.2. The van der Waals surface area contributed by atoms with Crippen molar-refractivity contribution in [2.75, 3.05) is 6.61 Å². The summed E-state index contributed by atoms with van der Waals surface area (Å²) in [5, 5.41) is 17.9. The van der Waals surface area contributed by atoms with E-state index in [1.807, 2.05) is 19.9 Å². The summed E-state index contributed by atoms with van der Waals surface area (Å²) in [7, 11) is -3.67. The van der Waals surface area contributed by atoms with Crippen LogP contribution < -0.4 is 4.72 Å². The monoisotopic (exact) mass is 282 g/mol. The normalized spacial score (nSPS) is 14.6. The summed E-state index contributed by atoms with van der Waals surface area (Å²) in [5.74, 6) is 0.0400. The Bertz CT molecular complexity index is 546. The van der Waals surface area contributed by atoms with E-state index in [0.717, 1.165) is 6.42 Å². The SMILES string of the molecule is CC[C@H](C)[C@@H](CO)NS(=O)(=O)c1ccc(C#N)cc1. The topological polar surface area (TPSA) is 90.2 Å². The molecule has 0 aliphatic heterocycles. The van der Waals surface area contributed by atoms with Crippen LogP contribution in [0.1, 0.15) is 25.8 Å². The lowest BCUT2D eigenvalue weighted by atomic mass is 10.0. The molecule has 0 fully saturated rings. The van der Waals surface area contributed by atoms with Gasteiger partial charge in [-0.2, -0.15) is 5.26 Å². The van der Waals surface area contributed by atoms with Gasteiger partial charge in [0.2, 0.25) is 10.0 Å². The number of nitrogens with one attached hydrogen (secondary N) is 1. The Kier molecular flexibility index (Phi) is 5.48. The predicted octanol–water partition coefficient (Wildman–Crippen LogP) is 1.24. The Morgan fingerprint density at radius 3 is 2.37 bits per heavy atom. The lowest BCUT2D eigenvalue weighted by molar-refractivity contribution is 0.219. The van der Waals surface area contributed by atoms with Crippen molar-refractivity contribution in [1.82, 2.24) is 4.72 Å². The van der Waals surface area contributed by atoms with Crippen molar-refractivity contribution in [3.05, 3.63) is 29.8 Å². The predicted molar refractivity (Wildman–Crippen MR) is 71.8 cm³/mol. The molecule has 0 amide bonds. The average molecular weight is 282 g/mol. The van der Waals surface area contributed by atoms with Gasteiger partial charge in [0.05, 0.1) is 23.1 Å². The van der Waals surface area contributed by atoms with E-state index in [1.54, 1.807) is 0 Å². The quantitative estimate of drug-likeness (QED) is 0.821. The zero-order chi connectivity index (χ0) is 14.5. The molecule has 0 saturated carbocycles. The number of nitrogens with zero attached hydrogens (tertiary/aromatic N) is 1.